The summed E-state index contributed by atoms with van der Waals surface area (Å²) in [6.45, 7) is 0. The molecule has 0 amide bonds. The Hall–Kier alpha value is -10.5. The SMILES string of the molecule is c1ccc(N(c2ccccc2)c2ccc3c(c2)c2ccccc2n3-c2nc(-n3c4ccccc4c4ccccc43)c(-n3c4ccccc4c4ccccc43)c(-c3ccncc3)c2-n2c3ccccc3c3ccccc32)cc1. The van der Waals surface area contributed by atoms with Gasteiger partial charge in [-0.3, -0.25) is 14.1 Å². The minimum atomic E-state index is 0.784. The quantitative estimate of drug-likeness (QED) is 0.152. The molecule has 16 aromatic rings. The zero-order chi connectivity index (χ0) is 50.6. The zero-order valence-corrected chi connectivity index (χ0v) is 41.6. The highest BCUT2D eigenvalue weighted by atomic mass is 15.2. The molecule has 360 valence electrons. The van der Waals surface area contributed by atoms with Crippen LogP contribution >= 0.6 is 0 Å². The van der Waals surface area contributed by atoms with Crippen LogP contribution in [0.2, 0.25) is 0 Å². The van der Waals surface area contributed by atoms with Crippen molar-refractivity contribution >= 4 is 104 Å². The van der Waals surface area contributed by atoms with Crippen LogP contribution < -0.4 is 4.90 Å². The van der Waals surface area contributed by atoms with Crippen LogP contribution in [-0.4, -0.2) is 28.2 Å². The lowest BCUT2D eigenvalue weighted by Gasteiger charge is -2.27. The third-order valence-corrected chi connectivity index (χ3v) is 15.6. The highest BCUT2D eigenvalue weighted by Gasteiger charge is 2.32. The first-order valence-corrected chi connectivity index (χ1v) is 26.2. The van der Waals surface area contributed by atoms with Crippen molar-refractivity contribution in [1.29, 1.82) is 0 Å². The van der Waals surface area contributed by atoms with Crippen molar-refractivity contribution in [2.45, 2.75) is 0 Å². The number of anilines is 3. The zero-order valence-electron chi connectivity index (χ0n) is 41.6. The summed E-state index contributed by atoms with van der Waals surface area (Å²) in [6.07, 6.45) is 3.85. The van der Waals surface area contributed by atoms with Crippen LogP contribution in [0.3, 0.4) is 0 Å². The lowest BCUT2D eigenvalue weighted by Crippen LogP contribution is -2.16. The molecule has 0 bridgehead atoms. The van der Waals surface area contributed by atoms with E-state index >= 15 is 0 Å². The number of hydrogen-bond acceptors (Lipinski definition) is 3. The molecule has 0 aliphatic heterocycles. The van der Waals surface area contributed by atoms with Crippen LogP contribution in [-0.2, 0) is 0 Å². The highest BCUT2D eigenvalue weighted by Crippen LogP contribution is 2.49. The summed E-state index contributed by atoms with van der Waals surface area (Å²) < 4.78 is 9.81. The average molecular weight is 984 g/mol. The average Bonchev–Trinajstić information content (AvgIpc) is 4.43. The van der Waals surface area contributed by atoms with Gasteiger partial charge in [0, 0.05) is 78.1 Å². The molecule has 0 radical (unpaired) electrons. The first-order chi connectivity index (χ1) is 38.3. The summed E-state index contributed by atoms with van der Waals surface area (Å²) in [6, 6.07) is 94.2. The van der Waals surface area contributed by atoms with Crippen molar-refractivity contribution < 1.29 is 0 Å². The van der Waals surface area contributed by atoms with Gasteiger partial charge in [0.25, 0.3) is 0 Å². The van der Waals surface area contributed by atoms with E-state index < -0.39 is 0 Å². The summed E-state index contributed by atoms with van der Waals surface area (Å²) in [5.41, 5.74) is 15.6. The molecule has 0 saturated heterocycles. The van der Waals surface area contributed by atoms with E-state index in [1.54, 1.807) is 0 Å². The topological polar surface area (TPSA) is 48.7 Å². The Morgan fingerprint density at radius 1 is 0.260 bits per heavy atom. The Labute approximate surface area is 442 Å². The van der Waals surface area contributed by atoms with Gasteiger partial charge in [-0.05, 0) is 103 Å². The number of nitrogens with zero attached hydrogens (tertiary/aromatic N) is 7. The van der Waals surface area contributed by atoms with Gasteiger partial charge in [0.15, 0.2) is 11.6 Å². The molecule has 7 heteroatoms. The fourth-order valence-corrected chi connectivity index (χ4v) is 12.5. The predicted molar refractivity (Wildman–Crippen MR) is 320 cm³/mol. The van der Waals surface area contributed by atoms with Gasteiger partial charge in [-0.15, -0.1) is 0 Å². The number of hydrogen-bond donors (Lipinski definition) is 0. The van der Waals surface area contributed by atoms with Crippen molar-refractivity contribution in [1.82, 2.24) is 28.2 Å². The van der Waals surface area contributed by atoms with Crippen LogP contribution in [0.25, 0.3) is 121 Å². The third-order valence-electron chi connectivity index (χ3n) is 15.6. The lowest BCUT2D eigenvalue weighted by molar-refractivity contribution is 0.961. The highest BCUT2D eigenvalue weighted by molar-refractivity contribution is 6.16. The molecular formula is C70H45N7. The summed E-state index contributed by atoms with van der Waals surface area (Å²) in [5, 5.41) is 9.19. The van der Waals surface area contributed by atoms with Crippen LogP contribution in [0.5, 0.6) is 0 Å². The maximum atomic E-state index is 6.39. The monoisotopic (exact) mass is 983 g/mol. The number of benzene rings is 10. The van der Waals surface area contributed by atoms with Gasteiger partial charge in [-0.25, -0.2) is 4.98 Å². The second-order valence-corrected chi connectivity index (χ2v) is 19.7. The molecule has 0 fully saturated rings. The molecule has 0 atom stereocenters. The lowest BCUT2D eigenvalue weighted by atomic mass is 10.0. The van der Waals surface area contributed by atoms with Crippen molar-refractivity contribution in [2.24, 2.45) is 0 Å². The molecule has 0 aliphatic rings. The molecule has 6 heterocycles. The van der Waals surface area contributed by atoms with E-state index in [-0.39, 0.29) is 0 Å². The molecule has 0 saturated carbocycles. The van der Waals surface area contributed by atoms with E-state index in [1.165, 1.54) is 0 Å². The Morgan fingerprint density at radius 3 is 0.948 bits per heavy atom. The van der Waals surface area contributed by atoms with Gasteiger partial charge in [0.1, 0.15) is 11.4 Å². The molecule has 0 aliphatic carbocycles. The Morgan fingerprint density at radius 2 is 0.571 bits per heavy atom. The number of para-hydroxylation sites is 9. The van der Waals surface area contributed by atoms with Crippen LogP contribution in [0.15, 0.2) is 273 Å². The Bertz CT molecular complexity index is 4790. The Balaban J connectivity index is 1.15. The molecule has 0 spiro atoms. The van der Waals surface area contributed by atoms with Crippen LogP contribution in [0.1, 0.15) is 0 Å². The maximum Gasteiger partial charge on any atom is 0.165 e. The van der Waals surface area contributed by atoms with E-state index in [9.17, 15) is 0 Å². The third kappa shape index (κ3) is 6.38. The van der Waals surface area contributed by atoms with Crippen molar-refractivity contribution in [3.63, 3.8) is 0 Å². The molecule has 16 rings (SSSR count). The minimum absolute atomic E-state index is 0.784. The molecule has 0 unspecified atom stereocenters. The standard InChI is InChI=1S/C70H45N7/c1-3-21-47(22-4-1)73(48-23-5-2-6-24-48)49-39-40-65-57(45-49)56-31-13-20-38-64(56)77(65)70-68(75-60-34-16-9-27-52(60)53-28-10-17-35-61(53)75)66(46-41-43-71-44-42-46)67(74-58-32-14-7-25-50(58)51-26-8-15-33-59(51)74)69(72-70)76-62-36-18-11-29-54(62)55-30-12-19-37-63(55)76/h1-45H. The van der Waals surface area contributed by atoms with Crippen LogP contribution in [0, 0.1) is 0 Å². The van der Waals surface area contributed by atoms with Gasteiger partial charge in [-0.2, -0.15) is 0 Å². The van der Waals surface area contributed by atoms with Gasteiger partial charge >= 0.3 is 0 Å². The molecule has 77 heavy (non-hydrogen) atoms. The maximum absolute atomic E-state index is 6.39. The Kier molecular flexibility index (Phi) is 9.50. The van der Waals surface area contributed by atoms with Crippen LogP contribution in [0.4, 0.5) is 17.1 Å². The summed E-state index contributed by atoms with van der Waals surface area (Å²) in [7, 11) is 0. The number of aromatic nitrogens is 6. The minimum Gasteiger partial charge on any atom is -0.310 e. The smallest absolute Gasteiger partial charge is 0.165 e. The van der Waals surface area contributed by atoms with Gasteiger partial charge in [-0.1, -0.05) is 164 Å². The molecular weight excluding hydrogens is 939 g/mol. The van der Waals surface area contributed by atoms with Crippen molar-refractivity contribution in [2.75, 3.05) is 4.90 Å². The normalized spacial score (nSPS) is 11.9. The molecule has 0 N–H and O–H groups in total. The summed E-state index contributed by atoms with van der Waals surface area (Å²) in [4.78, 5) is 13.4. The predicted octanol–water partition coefficient (Wildman–Crippen LogP) is 18.0. The fourth-order valence-electron chi connectivity index (χ4n) is 12.5. The van der Waals surface area contributed by atoms with E-state index in [4.69, 9.17) is 4.98 Å². The van der Waals surface area contributed by atoms with E-state index in [1.807, 2.05) is 12.4 Å². The molecule has 10 aromatic carbocycles. The van der Waals surface area contributed by atoms with E-state index in [0.717, 1.165) is 138 Å². The fraction of sp³-hybridized carbons (Fsp3) is 0. The van der Waals surface area contributed by atoms with Crippen molar-refractivity contribution in [3.05, 3.63) is 273 Å². The van der Waals surface area contributed by atoms with Gasteiger partial charge < -0.3 is 14.0 Å². The van der Waals surface area contributed by atoms with E-state index in [0.29, 0.717) is 0 Å². The van der Waals surface area contributed by atoms with Gasteiger partial charge in [0.2, 0.25) is 0 Å². The van der Waals surface area contributed by atoms with E-state index in [2.05, 4.69) is 289 Å². The number of rotatable bonds is 8. The van der Waals surface area contributed by atoms with Gasteiger partial charge in [0.05, 0.1) is 44.1 Å². The largest absolute Gasteiger partial charge is 0.310 e. The number of pyridine rings is 2. The second-order valence-electron chi connectivity index (χ2n) is 19.7. The van der Waals surface area contributed by atoms with Crippen molar-refractivity contribution in [3.8, 4) is 34.1 Å². The number of fused-ring (bicyclic) bond motifs is 12. The summed E-state index contributed by atoms with van der Waals surface area (Å²) >= 11 is 0. The first-order valence-electron chi connectivity index (χ1n) is 26.2. The molecule has 7 nitrogen and oxygen atoms in total. The molecule has 6 aromatic heterocycles. The second kappa shape index (κ2) is 17.0. The first kappa shape index (κ1) is 43.0. The summed E-state index contributed by atoms with van der Waals surface area (Å²) in [5.74, 6) is 1.58.